The van der Waals surface area contributed by atoms with Crippen molar-refractivity contribution >= 4 is 30.2 Å². The average Bonchev–Trinajstić information content (AvgIpc) is 2.84. The number of thiol groups is 1. The number of carbonyl (C=O) groups excluding carboxylic acids is 3. The second kappa shape index (κ2) is 5.57. The first-order valence-corrected chi connectivity index (χ1v) is 9.96. The molecule has 0 saturated heterocycles. The van der Waals surface area contributed by atoms with Crippen LogP contribution in [0.25, 0.3) is 0 Å². The minimum absolute atomic E-state index is 0.0842. The van der Waals surface area contributed by atoms with Gasteiger partial charge in [-0.2, -0.15) is 12.6 Å². The third-order valence-corrected chi connectivity index (χ3v) is 8.72. The summed E-state index contributed by atoms with van der Waals surface area (Å²) in [6.07, 6.45) is 7.96. The fraction of sp³-hybridized carbons (Fsp3) is 0.667. The Morgan fingerprint density at radius 1 is 1.19 bits per heavy atom. The molecule has 0 heterocycles. The van der Waals surface area contributed by atoms with Gasteiger partial charge in [0.05, 0.1) is 4.75 Å². The summed E-state index contributed by atoms with van der Waals surface area (Å²) in [5, 5.41) is 0. The van der Waals surface area contributed by atoms with Gasteiger partial charge in [-0.25, -0.2) is 0 Å². The lowest BCUT2D eigenvalue weighted by Crippen LogP contribution is -2.64. The van der Waals surface area contributed by atoms with Crippen LogP contribution in [0.2, 0.25) is 0 Å². The third-order valence-electron chi connectivity index (χ3n) is 7.65. The van der Waals surface area contributed by atoms with Crippen LogP contribution in [0.4, 0.5) is 0 Å². The van der Waals surface area contributed by atoms with Crippen molar-refractivity contribution < 1.29 is 19.1 Å². The van der Waals surface area contributed by atoms with Gasteiger partial charge in [0.15, 0.2) is 5.78 Å². The third kappa shape index (κ3) is 2.12. The standard InChI is InChI=1S/C21H26O4S/c1-12(22)25-14-8-9-20(3)13(10-14)4-5-16-15-6-7-17(23)19(15,2)11-18(24)21(16,20)26/h4,10,15-16,26H,5-9,11H2,1-3H3/t15-,16-,19-,20-,21-/m0/s1. The number of ketones is 2. The van der Waals surface area contributed by atoms with E-state index in [0.717, 1.165) is 24.8 Å². The predicted octanol–water partition coefficient (Wildman–Crippen LogP) is 3.81. The van der Waals surface area contributed by atoms with Crippen LogP contribution in [0.1, 0.15) is 59.3 Å². The fourth-order valence-corrected chi connectivity index (χ4v) is 6.73. The van der Waals surface area contributed by atoms with E-state index >= 15 is 0 Å². The highest BCUT2D eigenvalue weighted by molar-refractivity contribution is 7.82. The zero-order valence-corrected chi connectivity index (χ0v) is 16.5. The maximum Gasteiger partial charge on any atom is 0.307 e. The average molecular weight is 375 g/mol. The molecule has 0 unspecified atom stereocenters. The van der Waals surface area contributed by atoms with E-state index in [4.69, 9.17) is 17.4 Å². The normalized spacial score (nSPS) is 44.5. The van der Waals surface area contributed by atoms with E-state index < -0.39 is 15.6 Å². The number of Topliss-reactive ketones (excluding diaryl/α,β-unsaturated/α-hetero) is 2. The van der Waals surface area contributed by atoms with Gasteiger partial charge in [-0.3, -0.25) is 14.4 Å². The molecule has 4 aliphatic carbocycles. The van der Waals surface area contributed by atoms with Crippen molar-refractivity contribution in [2.45, 2.75) is 64.0 Å². The quantitative estimate of drug-likeness (QED) is 0.560. The molecule has 0 radical (unpaired) electrons. The van der Waals surface area contributed by atoms with Crippen LogP contribution in [-0.2, 0) is 19.1 Å². The van der Waals surface area contributed by atoms with Crippen molar-refractivity contribution in [3.05, 3.63) is 23.5 Å². The van der Waals surface area contributed by atoms with Crippen LogP contribution in [0, 0.1) is 22.7 Å². The highest BCUT2D eigenvalue weighted by atomic mass is 32.1. The van der Waals surface area contributed by atoms with Crippen molar-refractivity contribution in [3.8, 4) is 0 Å². The van der Waals surface area contributed by atoms with Crippen molar-refractivity contribution in [3.63, 3.8) is 0 Å². The van der Waals surface area contributed by atoms with Gasteiger partial charge >= 0.3 is 5.97 Å². The lowest BCUT2D eigenvalue weighted by Gasteiger charge is -2.60. The minimum atomic E-state index is -0.760. The molecule has 0 aromatic rings. The molecule has 5 atom stereocenters. The molecule has 2 fully saturated rings. The molecule has 0 aromatic carbocycles. The molecule has 0 N–H and O–H groups in total. The number of carbonyl (C=O) groups is 3. The fourth-order valence-electron chi connectivity index (χ4n) is 6.13. The molecule has 0 amide bonds. The summed E-state index contributed by atoms with van der Waals surface area (Å²) in [6, 6.07) is 0. The van der Waals surface area contributed by atoms with E-state index in [1.165, 1.54) is 6.92 Å². The maximum absolute atomic E-state index is 13.4. The lowest BCUT2D eigenvalue weighted by molar-refractivity contribution is -0.144. The number of esters is 1. The topological polar surface area (TPSA) is 60.4 Å². The second-order valence-corrected chi connectivity index (χ2v) is 9.60. The maximum atomic E-state index is 13.4. The summed E-state index contributed by atoms with van der Waals surface area (Å²) in [6.45, 7) is 5.51. The van der Waals surface area contributed by atoms with Gasteiger partial charge in [0, 0.05) is 37.0 Å². The monoisotopic (exact) mass is 374 g/mol. The molecule has 0 aliphatic heterocycles. The first-order valence-electron chi connectivity index (χ1n) is 9.51. The molecule has 4 aliphatic rings. The molecule has 26 heavy (non-hydrogen) atoms. The molecule has 0 bridgehead atoms. The summed E-state index contributed by atoms with van der Waals surface area (Å²) in [5.74, 6) is 1.01. The van der Waals surface area contributed by atoms with E-state index in [2.05, 4.69) is 13.0 Å². The molecule has 140 valence electrons. The van der Waals surface area contributed by atoms with E-state index in [-0.39, 0.29) is 29.4 Å². The van der Waals surface area contributed by atoms with Crippen LogP contribution in [0.15, 0.2) is 23.5 Å². The predicted molar refractivity (Wildman–Crippen MR) is 101 cm³/mol. The lowest BCUT2D eigenvalue weighted by atomic mass is 9.47. The van der Waals surface area contributed by atoms with Crippen LogP contribution < -0.4 is 0 Å². The van der Waals surface area contributed by atoms with E-state index in [1.54, 1.807) is 0 Å². The van der Waals surface area contributed by atoms with Crippen LogP contribution in [-0.4, -0.2) is 22.3 Å². The Kier molecular flexibility index (Phi) is 3.86. The Hall–Kier alpha value is -1.36. The van der Waals surface area contributed by atoms with Crippen molar-refractivity contribution in [1.82, 2.24) is 0 Å². The van der Waals surface area contributed by atoms with Crippen molar-refractivity contribution in [2.24, 2.45) is 22.7 Å². The number of hydrogen-bond acceptors (Lipinski definition) is 5. The zero-order chi connectivity index (χ0) is 18.9. The van der Waals surface area contributed by atoms with Crippen LogP contribution >= 0.6 is 12.6 Å². The zero-order valence-electron chi connectivity index (χ0n) is 15.6. The number of fused-ring (bicyclic) bond motifs is 5. The molecular weight excluding hydrogens is 348 g/mol. The number of hydrogen-bond donors (Lipinski definition) is 1. The van der Waals surface area contributed by atoms with Crippen LogP contribution in [0.3, 0.4) is 0 Å². The first-order chi connectivity index (χ1) is 12.1. The highest BCUT2D eigenvalue weighted by Gasteiger charge is 2.68. The van der Waals surface area contributed by atoms with E-state index in [1.807, 2.05) is 13.0 Å². The Labute approximate surface area is 159 Å². The summed E-state index contributed by atoms with van der Waals surface area (Å²) >= 11 is 5.09. The molecular formula is C21H26O4S. The Morgan fingerprint density at radius 2 is 1.92 bits per heavy atom. The van der Waals surface area contributed by atoms with Gasteiger partial charge in [0.2, 0.25) is 0 Å². The first kappa shape index (κ1) is 18.0. The van der Waals surface area contributed by atoms with E-state index in [0.29, 0.717) is 25.0 Å². The van der Waals surface area contributed by atoms with Crippen molar-refractivity contribution in [2.75, 3.05) is 0 Å². The number of ether oxygens (including phenoxy) is 1. The Morgan fingerprint density at radius 3 is 2.62 bits per heavy atom. The van der Waals surface area contributed by atoms with Gasteiger partial charge < -0.3 is 4.74 Å². The molecule has 4 rings (SSSR count). The van der Waals surface area contributed by atoms with Gasteiger partial charge in [-0.1, -0.05) is 19.9 Å². The van der Waals surface area contributed by atoms with Gasteiger partial charge in [-0.05, 0) is 42.7 Å². The molecule has 0 spiro atoms. The largest absolute Gasteiger partial charge is 0.431 e. The Balaban J connectivity index is 1.78. The smallest absolute Gasteiger partial charge is 0.307 e. The van der Waals surface area contributed by atoms with Gasteiger partial charge in [0.25, 0.3) is 0 Å². The summed E-state index contributed by atoms with van der Waals surface area (Å²) in [4.78, 5) is 37.2. The minimum Gasteiger partial charge on any atom is -0.431 e. The number of allylic oxidation sites excluding steroid dienone is 4. The summed E-state index contributed by atoms with van der Waals surface area (Å²) in [7, 11) is 0. The summed E-state index contributed by atoms with van der Waals surface area (Å²) < 4.78 is 4.55. The second-order valence-electron chi connectivity index (χ2n) is 8.89. The number of rotatable bonds is 1. The molecule has 5 heteroatoms. The van der Waals surface area contributed by atoms with Crippen molar-refractivity contribution in [1.29, 1.82) is 0 Å². The molecule has 0 aromatic heterocycles. The molecule has 4 nitrogen and oxygen atoms in total. The summed E-state index contributed by atoms with van der Waals surface area (Å²) in [5.41, 5.74) is 0.142. The Bertz CT molecular complexity index is 781. The van der Waals surface area contributed by atoms with Gasteiger partial charge in [-0.15, -0.1) is 0 Å². The SMILES string of the molecule is CC(=O)OC1=CC2=CC[C@H]3[C@@H]4CCC(=O)[C@@]4(C)CC(=O)[C@]3(S)[C@@]2(C)CC1. The van der Waals surface area contributed by atoms with Crippen LogP contribution in [0.5, 0.6) is 0 Å². The van der Waals surface area contributed by atoms with E-state index in [9.17, 15) is 14.4 Å². The highest BCUT2D eigenvalue weighted by Crippen LogP contribution is 2.66. The van der Waals surface area contributed by atoms with Gasteiger partial charge in [0.1, 0.15) is 11.5 Å². The molecule has 2 saturated carbocycles.